The van der Waals surface area contributed by atoms with Crippen LogP contribution >= 0.6 is 0 Å². The average molecular weight is 394 g/mol. The highest BCUT2D eigenvalue weighted by atomic mass is 19.1. The van der Waals surface area contributed by atoms with Crippen molar-refractivity contribution in [3.05, 3.63) is 60.5 Å². The molecule has 0 saturated carbocycles. The van der Waals surface area contributed by atoms with Gasteiger partial charge in [-0.05, 0) is 12.0 Å². The van der Waals surface area contributed by atoms with Crippen LogP contribution in [-0.2, 0) is 13.6 Å². The van der Waals surface area contributed by atoms with Crippen LogP contribution in [0, 0.1) is 21.8 Å². The van der Waals surface area contributed by atoms with Crippen LogP contribution in [0.1, 0.15) is 24.2 Å². The number of nitrogens with zero attached hydrogens (tertiary/aromatic N) is 3. The molecule has 0 spiro atoms. The van der Waals surface area contributed by atoms with Crippen molar-refractivity contribution in [2.75, 3.05) is 12.3 Å². The first kappa shape index (κ1) is 20.8. The fourth-order valence-electron chi connectivity index (χ4n) is 2.56. The van der Waals surface area contributed by atoms with Gasteiger partial charge in [0.1, 0.15) is 17.2 Å². The number of carbonyl (C=O) groups is 1. The van der Waals surface area contributed by atoms with E-state index in [0.29, 0.717) is 0 Å². The third-order valence-electron chi connectivity index (χ3n) is 3.89. The maximum Gasteiger partial charge on any atom is 0.332 e. The third kappa shape index (κ3) is 4.08. The number of halogens is 1. The third-order valence-corrected chi connectivity index (χ3v) is 3.89. The van der Waals surface area contributed by atoms with Crippen LogP contribution in [-0.4, -0.2) is 26.4 Å². The molecule has 2 rings (SSSR count). The molecule has 2 N–H and O–H groups in total. The van der Waals surface area contributed by atoms with E-state index in [0.717, 1.165) is 27.3 Å². The number of benzene rings is 1. The molecule has 0 bridgehead atoms. The first-order valence-corrected chi connectivity index (χ1v) is 8.23. The summed E-state index contributed by atoms with van der Waals surface area (Å²) < 4.78 is 20.3. The smallest absolute Gasteiger partial charge is 0.332 e. The summed E-state index contributed by atoms with van der Waals surface area (Å²) in [5.74, 6) is -2.47. The number of nitro benzene ring substituents is 1. The summed E-state index contributed by atoms with van der Waals surface area (Å²) in [6, 6.07) is 2.53. The first-order valence-electron chi connectivity index (χ1n) is 8.23. The van der Waals surface area contributed by atoms with Crippen LogP contribution in [0.5, 0.6) is 5.75 Å². The van der Waals surface area contributed by atoms with Crippen molar-refractivity contribution < 1.29 is 18.8 Å². The second-order valence-corrected chi connectivity index (χ2v) is 6.49. The van der Waals surface area contributed by atoms with Crippen LogP contribution in [0.3, 0.4) is 0 Å². The minimum absolute atomic E-state index is 0.00616. The monoisotopic (exact) mass is 394 g/mol. The van der Waals surface area contributed by atoms with Crippen LogP contribution in [0.2, 0.25) is 0 Å². The van der Waals surface area contributed by atoms with Crippen LogP contribution < -0.4 is 21.7 Å². The van der Waals surface area contributed by atoms with Gasteiger partial charge >= 0.3 is 11.4 Å². The Labute approximate surface area is 158 Å². The predicted octanol–water partition coefficient (Wildman–Crippen LogP) is 1.09. The maximum atomic E-state index is 13.4. The predicted molar refractivity (Wildman–Crippen MR) is 98.1 cm³/mol. The molecule has 10 nitrogen and oxygen atoms in total. The molecule has 0 aliphatic heterocycles. The zero-order valence-corrected chi connectivity index (χ0v) is 15.5. The van der Waals surface area contributed by atoms with Crippen molar-refractivity contribution >= 4 is 17.3 Å². The summed E-state index contributed by atoms with van der Waals surface area (Å²) in [4.78, 5) is 47.3. The molecular weight excluding hydrogens is 375 g/mol. The number of nitrogen functional groups attached to an aromatic ring is 1. The second kappa shape index (κ2) is 8.03. The first-order chi connectivity index (χ1) is 13.0. The Morgan fingerprint density at radius 3 is 2.57 bits per heavy atom. The molecule has 0 saturated heterocycles. The van der Waals surface area contributed by atoms with Gasteiger partial charge in [0.25, 0.3) is 5.56 Å². The molecule has 1 aromatic heterocycles. The van der Waals surface area contributed by atoms with Gasteiger partial charge in [-0.15, -0.1) is 0 Å². The summed E-state index contributed by atoms with van der Waals surface area (Å²) in [6.45, 7) is 3.02. The van der Waals surface area contributed by atoms with Crippen molar-refractivity contribution in [3.63, 3.8) is 0 Å². The van der Waals surface area contributed by atoms with E-state index in [-0.39, 0.29) is 18.3 Å². The summed E-state index contributed by atoms with van der Waals surface area (Å²) in [5, 5.41) is 11.0. The molecule has 0 atom stereocenters. The van der Waals surface area contributed by atoms with E-state index < -0.39 is 51.4 Å². The topological polar surface area (TPSA) is 139 Å². The van der Waals surface area contributed by atoms with Gasteiger partial charge in [-0.25, -0.2) is 9.18 Å². The van der Waals surface area contributed by atoms with Gasteiger partial charge in [0.2, 0.25) is 5.78 Å². The van der Waals surface area contributed by atoms with Gasteiger partial charge in [-0.1, -0.05) is 13.8 Å². The van der Waals surface area contributed by atoms with Gasteiger partial charge in [-0.3, -0.25) is 28.8 Å². The molecule has 0 aliphatic rings. The molecule has 1 heterocycles. The number of rotatable bonds is 7. The standard InChI is InChI=1S/C17H19FN4O6/c1-9(2)7-21-15(19)14(16(24)20(3)17(21)25)12(23)8-28-13-6-10(18)4-5-11(13)22(26)27/h4-6,9H,7-8,19H2,1-3H3. The zero-order chi connectivity index (χ0) is 21.2. The van der Waals surface area contributed by atoms with E-state index in [4.69, 9.17) is 10.5 Å². The van der Waals surface area contributed by atoms with E-state index in [1.54, 1.807) is 0 Å². The SMILES string of the molecule is CC(C)Cn1c(N)c(C(=O)COc2cc(F)ccc2[N+](=O)[O-])c(=O)n(C)c1=O. The molecule has 0 aliphatic carbocycles. The molecule has 0 fully saturated rings. The molecular formula is C17H19FN4O6. The number of nitrogens with two attached hydrogens (primary N) is 1. The normalized spacial score (nSPS) is 10.9. The maximum absolute atomic E-state index is 13.4. The Morgan fingerprint density at radius 2 is 2.00 bits per heavy atom. The van der Waals surface area contributed by atoms with E-state index in [9.17, 15) is 28.9 Å². The summed E-state index contributed by atoms with van der Waals surface area (Å²) >= 11 is 0. The number of Topliss-reactive ketones (excluding diaryl/α,β-unsaturated/α-hetero) is 1. The van der Waals surface area contributed by atoms with Crippen molar-refractivity contribution in [1.82, 2.24) is 9.13 Å². The number of ether oxygens (including phenoxy) is 1. The molecule has 0 amide bonds. The van der Waals surface area contributed by atoms with Crippen LogP contribution in [0.25, 0.3) is 0 Å². The lowest BCUT2D eigenvalue weighted by Gasteiger charge is -2.16. The second-order valence-electron chi connectivity index (χ2n) is 6.49. The Balaban J connectivity index is 2.42. The van der Waals surface area contributed by atoms with Crippen molar-refractivity contribution in [2.45, 2.75) is 20.4 Å². The summed E-state index contributed by atoms with van der Waals surface area (Å²) in [5.41, 5.74) is 3.28. The summed E-state index contributed by atoms with van der Waals surface area (Å²) in [7, 11) is 1.20. The Bertz CT molecular complexity index is 1060. The van der Waals surface area contributed by atoms with Gasteiger partial charge in [0.05, 0.1) is 4.92 Å². The largest absolute Gasteiger partial charge is 0.478 e. The summed E-state index contributed by atoms with van der Waals surface area (Å²) in [6.07, 6.45) is 0. The lowest BCUT2D eigenvalue weighted by molar-refractivity contribution is -0.385. The van der Waals surface area contributed by atoms with E-state index in [1.165, 1.54) is 7.05 Å². The van der Waals surface area contributed by atoms with E-state index >= 15 is 0 Å². The lowest BCUT2D eigenvalue weighted by Crippen LogP contribution is -2.43. The average Bonchev–Trinajstić information content (AvgIpc) is 2.61. The van der Waals surface area contributed by atoms with Crippen LogP contribution in [0.15, 0.2) is 27.8 Å². The van der Waals surface area contributed by atoms with Crippen LogP contribution in [0.4, 0.5) is 15.9 Å². The number of aromatic nitrogens is 2. The zero-order valence-electron chi connectivity index (χ0n) is 15.5. The Hall–Kier alpha value is -3.50. The number of nitro groups is 1. The number of hydrogen-bond donors (Lipinski definition) is 1. The van der Waals surface area contributed by atoms with E-state index in [2.05, 4.69) is 0 Å². The number of hydrogen-bond acceptors (Lipinski definition) is 7. The lowest BCUT2D eigenvalue weighted by atomic mass is 10.1. The highest BCUT2D eigenvalue weighted by molar-refractivity contribution is 6.00. The molecule has 11 heteroatoms. The molecule has 150 valence electrons. The van der Waals surface area contributed by atoms with Crippen molar-refractivity contribution in [3.8, 4) is 5.75 Å². The molecule has 0 unspecified atom stereocenters. The number of ketones is 1. The molecule has 2 aromatic rings. The van der Waals surface area contributed by atoms with Gasteiger partial charge < -0.3 is 10.5 Å². The highest BCUT2D eigenvalue weighted by Crippen LogP contribution is 2.27. The quantitative estimate of drug-likeness (QED) is 0.421. The molecule has 28 heavy (non-hydrogen) atoms. The Kier molecular flexibility index (Phi) is 5.96. The molecule has 0 radical (unpaired) electrons. The van der Waals surface area contributed by atoms with Gasteiger partial charge in [0.15, 0.2) is 12.4 Å². The van der Waals surface area contributed by atoms with E-state index in [1.807, 2.05) is 13.8 Å². The molecule has 1 aromatic carbocycles. The fraction of sp³-hybridized carbons (Fsp3) is 0.353. The Morgan fingerprint density at radius 1 is 1.36 bits per heavy atom. The van der Waals surface area contributed by atoms with Crippen molar-refractivity contribution in [1.29, 1.82) is 0 Å². The minimum Gasteiger partial charge on any atom is -0.478 e. The highest BCUT2D eigenvalue weighted by Gasteiger charge is 2.24. The van der Waals surface area contributed by atoms with Crippen molar-refractivity contribution in [2.24, 2.45) is 13.0 Å². The fourth-order valence-corrected chi connectivity index (χ4v) is 2.56. The van der Waals surface area contributed by atoms with Gasteiger partial charge in [0, 0.05) is 25.7 Å². The minimum atomic E-state index is -0.912. The number of anilines is 1. The number of carbonyl (C=O) groups excluding carboxylic acids is 1. The van der Waals surface area contributed by atoms with Gasteiger partial charge in [-0.2, -0.15) is 0 Å².